The van der Waals surface area contributed by atoms with Crippen LogP contribution in [0.1, 0.15) is 46.0 Å². The molecule has 0 amide bonds. The van der Waals surface area contributed by atoms with Crippen molar-refractivity contribution in [1.29, 1.82) is 0 Å². The number of halogens is 1. The molecule has 0 spiro atoms. The van der Waals surface area contributed by atoms with E-state index in [2.05, 4.69) is 6.92 Å². The molecule has 1 aliphatic heterocycles. The maximum Gasteiger partial charge on any atom is 0.308 e. The summed E-state index contributed by atoms with van der Waals surface area (Å²) in [7, 11) is 0. The summed E-state index contributed by atoms with van der Waals surface area (Å²) in [4.78, 5) is 11.0. The molecule has 13 heavy (non-hydrogen) atoms. The highest BCUT2D eigenvalue weighted by atomic mass is 35.5. The molecule has 0 aliphatic carbocycles. The van der Waals surface area contributed by atoms with E-state index in [1.165, 1.54) is 12.8 Å². The predicted octanol–water partition coefficient (Wildman–Crippen LogP) is 2.88. The smallest absolute Gasteiger partial charge is 0.308 e. The average Bonchev–Trinajstić information content (AvgIpc) is 2.27. The van der Waals surface area contributed by atoms with Crippen LogP contribution in [0.2, 0.25) is 0 Å². The fourth-order valence-electron chi connectivity index (χ4n) is 1.66. The highest BCUT2D eigenvalue weighted by Crippen LogP contribution is 2.35. The number of cyclic esters (lactones) is 1. The molecule has 0 aromatic heterocycles. The van der Waals surface area contributed by atoms with E-state index in [0.29, 0.717) is 6.42 Å². The number of alkyl halides is 1. The number of esters is 1. The molecule has 0 N–H and O–H groups in total. The van der Waals surface area contributed by atoms with Crippen molar-refractivity contribution in [3.05, 3.63) is 0 Å². The minimum absolute atomic E-state index is 0.142. The van der Waals surface area contributed by atoms with E-state index in [0.717, 1.165) is 12.8 Å². The van der Waals surface area contributed by atoms with Gasteiger partial charge in [0.2, 0.25) is 0 Å². The van der Waals surface area contributed by atoms with Crippen molar-refractivity contribution in [3.63, 3.8) is 0 Å². The van der Waals surface area contributed by atoms with Crippen molar-refractivity contribution in [1.82, 2.24) is 0 Å². The van der Waals surface area contributed by atoms with Crippen LogP contribution >= 0.6 is 11.6 Å². The molecule has 0 radical (unpaired) electrons. The molecule has 1 fully saturated rings. The maximum atomic E-state index is 11.0. The van der Waals surface area contributed by atoms with Gasteiger partial charge in [-0.15, -0.1) is 11.6 Å². The normalized spacial score (nSPS) is 33.5. The molecule has 76 valence electrons. The Balaban J connectivity index is 2.41. The number of hydrogen-bond acceptors (Lipinski definition) is 2. The number of carbonyl (C=O) groups excluding carboxylic acids is 1. The monoisotopic (exact) mass is 204 g/mol. The van der Waals surface area contributed by atoms with Crippen LogP contribution < -0.4 is 0 Å². The largest absolute Gasteiger partial charge is 0.458 e. The highest BCUT2D eigenvalue weighted by Gasteiger charge is 2.43. The van der Waals surface area contributed by atoms with E-state index in [1.54, 1.807) is 0 Å². The lowest BCUT2D eigenvalue weighted by Crippen LogP contribution is -2.32. The first-order valence-electron chi connectivity index (χ1n) is 4.94. The van der Waals surface area contributed by atoms with Gasteiger partial charge in [0.05, 0.1) is 11.8 Å². The van der Waals surface area contributed by atoms with Gasteiger partial charge < -0.3 is 4.74 Å². The van der Waals surface area contributed by atoms with Crippen LogP contribution in [0.4, 0.5) is 0 Å². The summed E-state index contributed by atoms with van der Waals surface area (Å²) in [5.41, 5.74) is -0.409. The Labute approximate surface area is 84.6 Å². The van der Waals surface area contributed by atoms with Gasteiger partial charge in [0, 0.05) is 0 Å². The number of unbranched alkanes of at least 4 members (excludes halogenated alkanes) is 2. The van der Waals surface area contributed by atoms with E-state index in [-0.39, 0.29) is 11.3 Å². The Morgan fingerprint density at radius 2 is 2.31 bits per heavy atom. The molecule has 0 saturated carbocycles. The van der Waals surface area contributed by atoms with Crippen molar-refractivity contribution >= 4 is 17.6 Å². The van der Waals surface area contributed by atoms with Crippen LogP contribution in [0, 0.1) is 0 Å². The molecule has 1 aliphatic rings. The summed E-state index contributed by atoms with van der Waals surface area (Å²) < 4.78 is 5.24. The standard InChI is InChI=1S/C10H17ClO2/c1-3-4-5-6-10(2)8(11)7-9(12)13-10/h8H,3-7H2,1-2H3. The maximum absolute atomic E-state index is 11.0. The molecular formula is C10H17ClO2. The molecule has 2 unspecified atom stereocenters. The SMILES string of the molecule is CCCCCC1(C)OC(=O)CC1Cl. The first-order valence-corrected chi connectivity index (χ1v) is 5.38. The summed E-state index contributed by atoms with van der Waals surface area (Å²) in [5.74, 6) is -0.154. The molecule has 1 heterocycles. The third-order valence-electron chi connectivity index (χ3n) is 2.63. The second-order valence-electron chi connectivity index (χ2n) is 3.92. The van der Waals surface area contributed by atoms with Crippen molar-refractivity contribution in [2.45, 2.75) is 56.9 Å². The fourth-order valence-corrected chi connectivity index (χ4v) is 1.94. The lowest BCUT2D eigenvalue weighted by Gasteiger charge is -2.25. The second kappa shape index (κ2) is 4.32. The van der Waals surface area contributed by atoms with Crippen LogP contribution in [0.5, 0.6) is 0 Å². The minimum Gasteiger partial charge on any atom is -0.458 e. The number of rotatable bonds is 4. The zero-order valence-corrected chi connectivity index (χ0v) is 9.06. The number of carbonyl (C=O) groups is 1. The van der Waals surface area contributed by atoms with Gasteiger partial charge in [-0.3, -0.25) is 4.79 Å². The molecular weight excluding hydrogens is 188 g/mol. The molecule has 1 saturated heterocycles. The van der Waals surface area contributed by atoms with Gasteiger partial charge in [-0.25, -0.2) is 0 Å². The lowest BCUT2D eigenvalue weighted by atomic mass is 9.95. The zero-order valence-electron chi connectivity index (χ0n) is 8.31. The quantitative estimate of drug-likeness (QED) is 0.400. The Hall–Kier alpha value is -0.240. The first-order chi connectivity index (χ1) is 6.08. The molecule has 0 bridgehead atoms. The van der Waals surface area contributed by atoms with Gasteiger partial charge >= 0.3 is 5.97 Å². The van der Waals surface area contributed by atoms with Crippen molar-refractivity contribution in [2.75, 3.05) is 0 Å². The highest BCUT2D eigenvalue weighted by molar-refractivity contribution is 6.23. The molecule has 1 rings (SSSR count). The van der Waals surface area contributed by atoms with Gasteiger partial charge in [0.15, 0.2) is 0 Å². The van der Waals surface area contributed by atoms with Gasteiger partial charge in [-0.05, 0) is 19.8 Å². The summed E-state index contributed by atoms with van der Waals surface area (Å²) in [6, 6.07) is 0. The fraction of sp³-hybridized carbons (Fsp3) is 0.900. The van der Waals surface area contributed by atoms with Crippen molar-refractivity contribution < 1.29 is 9.53 Å². The molecule has 2 atom stereocenters. The van der Waals surface area contributed by atoms with E-state index >= 15 is 0 Å². The zero-order chi connectivity index (χ0) is 9.90. The average molecular weight is 205 g/mol. The van der Waals surface area contributed by atoms with E-state index in [4.69, 9.17) is 16.3 Å². The number of hydrogen-bond donors (Lipinski definition) is 0. The van der Waals surface area contributed by atoms with E-state index < -0.39 is 5.60 Å². The number of ether oxygens (including phenoxy) is 1. The van der Waals surface area contributed by atoms with E-state index in [1.807, 2.05) is 6.92 Å². The second-order valence-corrected chi connectivity index (χ2v) is 4.44. The van der Waals surface area contributed by atoms with Crippen LogP contribution in [0.3, 0.4) is 0 Å². The van der Waals surface area contributed by atoms with Crippen LogP contribution in [0.15, 0.2) is 0 Å². The Kier molecular flexibility index (Phi) is 3.60. The summed E-state index contributed by atoms with van der Waals surface area (Å²) in [5, 5.41) is -0.142. The van der Waals surface area contributed by atoms with E-state index in [9.17, 15) is 4.79 Å². The third kappa shape index (κ3) is 2.60. The summed E-state index contributed by atoms with van der Waals surface area (Å²) in [6.45, 7) is 4.09. The molecule has 0 aromatic rings. The molecule has 0 aromatic carbocycles. The summed E-state index contributed by atoms with van der Waals surface area (Å²) >= 11 is 6.05. The molecule has 3 heteroatoms. The lowest BCUT2D eigenvalue weighted by molar-refractivity contribution is -0.147. The van der Waals surface area contributed by atoms with Crippen LogP contribution in [-0.2, 0) is 9.53 Å². The van der Waals surface area contributed by atoms with Gasteiger partial charge in [-0.1, -0.05) is 19.8 Å². The Bertz CT molecular complexity index is 193. The van der Waals surface area contributed by atoms with Crippen LogP contribution in [0.25, 0.3) is 0 Å². The van der Waals surface area contributed by atoms with Crippen molar-refractivity contribution in [3.8, 4) is 0 Å². The Morgan fingerprint density at radius 3 is 2.77 bits per heavy atom. The van der Waals surface area contributed by atoms with Crippen LogP contribution in [-0.4, -0.2) is 16.9 Å². The third-order valence-corrected chi connectivity index (χ3v) is 3.25. The van der Waals surface area contributed by atoms with Gasteiger partial charge in [-0.2, -0.15) is 0 Å². The minimum atomic E-state index is -0.409. The summed E-state index contributed by atoms with van der Waals surface area (Å²) in [6.07, 6.45) is 4.70. The molecule has 2 nitrogen and oxygen atoms in total. The van der Waals surface area contributed by atoms with Gasteiger partial charge in [0.25, 0.3) is 0 Å². The topological polar surface area (TPSA) is 26.3 Å². The Morgan fingerprint density at radius 1 is 1.62 bits per heavy atom. The van der Waals surface area contributed by atoms with Gasteiger partial charge in [0.1, 0.15) is 5.60 Å². The predicted molar refractivity (Wildman–Crippen MR) is 52.9 cm³/mol. The first kappa shape index (κ1) is 10.8. The van der Waals surface area contributed by atoms with Crippen molar-refractivity contribution in [2.24, 2.45) is 0 Å².